The summed E-state index contributed by atoms with van der Waals surface area (Å²) in [7, 11) is 0. The van der Waals surface area contributed by atoms with Crippen molar-refractivity contribution in [3.63, 3.8) is 0 Å². The molecule has 1 rings (SSSR count). The fraction of sp³-hybridized carbons (Fsp3) is 0.562. The van der Waals surface area contributed by atoms with Crippen LogP contribution in [-0.4, -0.2) is 44.0 Å². The summed E-state index contributed by atoms with van der Waals surface area (Å²) < 4.78 is 10.7. The fourth-order valence-electron chi connectivity index (χ4n) is 1.85. The predicted octanol–water partition coefficient (Wildman–Crippen LogP) is 1.70. The summed E-state index contributed by atoms with van der Waals surface area (Å²) in [5, 5.41) is 11.3. The molecule has 0 aliphatic carbocycles. The summed E-state index contributed by atoms with van der Waals surface area (Å²) in [6, 6.07) is 7.76. The first-order valence-corrected chi connectivity index (χ1v) is 7.32. The average Bonchev–Trinajstić information content (AvgIpc) is 2.49. The van der Waals surface area contributed by atoms with Gasteiger partial charge in [-0.3, -0.25) is 4.79 Å². The van der Waals surface area contributed by atoms with Crippen LogP contribution in [0.2, 0.25) is 0 Å². The maximum atomic E-state index is 11.7. The van der Waals surface area contributed by atoms with Crippen LogP contribution in [0.3, 0.4) is 0 Å². The quantitative estimate of drug-likeness (QED) is 0.645. The molecule has 0 aliphatic rings. The van der Waals surface area contributed by atoms with E-state index in [1.54, 1.807) is 0 Å². The molecule has 2 N–H and O–H groups in total. The molecular formula is C16H25NO4. The molecule has 21 heavy (non-hydrogen) atoms. The molecule has 0 fully saturated rings. The molecule has 118 valence electrons. The minimum Gasteiger partial charge on any atom is -0.483 e. The Balaban J connectivity index is 2.24. The first-order valence-electron chi connectivity index (χ1n) is 7.32. The molecule has 0 heterocycles. The highest BCUT2D eigenvalue weighted by Crippen LogP contribution is 2.25. The number of aliphatic hydroxyl groups is 1. The fourth-order valence-corrected chi connectivity index (χ4v) is 1.85. The Labute approximate surface area is 126 Å². The zero-order chi connectivity index (χ0) is 15.5. The van der Waals surface area contributed by atoms with Gasteiger partial charge < -0.3 is 19.9 Å². The Morgan fingerprint density at radius 1 is 1.29 bits per heavy atom. The molecule has 1 amide bonds. The molecule has 0 saturated carbocycles. The van der Waals surface area contributed by atoms with Gasteiger partial charge in [0.2, 0.25) is 0 Å². The van der Waals surface area contributed by atoms with Crippen LogP contribution in [0.4, 0.5) is 0 Å². The standard InChI is InChI=1S/C16H25NO4/c1-13(2)14-6-3-4-7-15(14)21-12-16(19)17-8-5-10-20-11-9-18/h3-4,6-7,13,18H,5,8-12H2,1-2H3,(H,17,19). The number of carbonyl (C=O) groups excluding carboxylic acids is 1. The van der Waals surface area contributed by atoms with Crippen molar-refractivity contribution in [1.29, 1.82) is 0 Å². The van der Waals surface area contributed by atoms with Crippen molar-refractivity contribution in [1.82, 2.24) is 5.32 Å². The van der Waals surface area contributed by atoms with Gasteiger partial charge >= 0.3 is 0 Å². The van der Waals surface area contributed by atoms with Gasteiger partial charge in [-0.1, -0.05) is 32.0 Å². The van der Waals surface area contributed by atoms with Gasteiger partial charge in [-0.25, -0.2) is 0 Å². The van der Waals surface area contributed by atoms with E-state index in [-0.39, 0.29) is 19.1 Å². The van der Waals surface area contributed by atoms with Gasteiger partial charge in [-0.2, -0.15) is 0 Å². The molecule has 5 nitrogen and oxygen atoms in total. The second-order valence-corrected chi connectivity index (χ2v) is 5.02. The lowest BCUT2D eigenvalue weighted by molar-refractivity contribution is -0.123. The zero-order valence-corrected chi connectivity index (χ0v) is 12.8. The van der Waals surface area contributed by atoms with Crippen molar-refractivity contribution in [2.75, 3.05) is 33.0 Å². The number of aliphatic hydroxyl groups excluding tert-OH is 1. The number of hydrogen-bond acceptors (Lipinski definition) is 4. The summed E-state index contributed by atoms with van der Waals surface area (Å²) in [6.45, 7) is 5.63. The van der Waals surface area contributed by atoms with Crippen molar-refractivity contribution in [2.45, 2.75) is 26.2 Å². The van der Waals surface area contributed by atoms with E-state index in [0.29, 0.717) is 32.1 Å². The van der Waals surface area contributed by atoms with Crippen LogP contribution in [0.25, 0.3) is 0 Å². The molecule has 0 radical (unpaired) electrons. The molecule has 1 aromatic rings. The number of nitrogens with one attached hydrogen (secondary N) is 1. The van der Waals surface area contributed by atoms with Crippen molar-refractivity contribution in [3.8, 4) is 5.75 Å². The topological polar surface area (TPSA) is 67.8 Å². The van der Waals surface area contributed by atoms with Crippen molar-refractivity contribution < 1.29 is 19.4 Å². The van der Waals surface area contributed by atoms with Crippen molar-refractivity contribution in [3.05, 3.63) is 29.8 Å². The molecule has 0 unspecified atom stereocenters. The van der Waals surface area contributed by atoms with Gasteiger partial charge in [0.1, 0.15) is 5.75 Å². The van der Waals surface area contributed by atoms with Gasteiger partial charge in [-0.15, -0.1) is 0 Å². The van der Waals surface area contributed by atoms with Crippen LogP contribution in [0.15, 0.2) is 24.3 Å². The third-order valence-corrected chi connectivity index (χ3v) is 2.92. The Hall–Kier alpha value is -1.59. The molecular weight excluding hydrogens is 270 g/mol. The monoisotopic (exact) mass is 295 g/mol. The number of benzene rings is 1. The second-order valence-electron chi connectivity index (χ2n) is 5.02. The third-order valence-electron chi connectivity index (χ3n) is 2.92. The smallest absolute Gasteiger partial charge is 0.257 e. The minimum absolute atomic E-state index is 0.0151. The number of carbonyl (C=O) groups is 1. The average molecular weight is 295 g/mol. The highest BCUT2D eigenvalue weighted by molar-refractivity contribution is 5.77. The highest BCUT2D eigenvalue weighted by atomic mass is 16.5. The Kier molecular flexibility index (Phi) is 8.47. The second kappa shape index (κ2) is 10.2. The number of hydrogen-bond donors (Lipinski definition) is 2. The number of ether oxygens (including phenoxy) is 2. The molecule has 0 saturated heterocycles. The third kappa shape index (κ3) is 7.11. The van der Waals surface area contributed by atoms with Crippen LogP contribution in [0.1, 0.15) is 31.7 Å². The first-order chi connectivity index (χ1) is 10.1. The van der Waals surface area contributed by atoms with Crippen LogP contribution in [-0.2, 0) is 9.53 Å². The Morgan fingerprint density at radius 3 is 2.76 bits per heavy atom. The summed E-state index contributed by atoms with van der Waals surface area (Å²) in [6.07, 6.45) is 0.717. The van der Waals surface area contributed by atoms with Crippen molar-refractivity contribution >= 4 is 5.91 Å². The Morgan fingerprint density at radius 2 is 2.05 bits per heavy atom. The lowest BCUT2D eigenvalue weighted by atomic mass is 10.0. The van der Waals surface area contributed by atoms with Gasteiger partial charge in [0.05, 0.1) is 13.2 Å². The van der Waals surface area contributed by atoms with E-state index in [1.165, 1.54) is 0 Å². The van der Waals surface area contributed by atoms with E-state index in [0.717, 1.165) is 11.3 Å². The van der Waals surface area contributed by atoms with E-state index in [4.69, 9.17) is 14.6 Å². The zero-order valence-electron chi connectivity index (χ0n) is 12.8. The Bertz CT molecular complexity index is 420. The molecule has 0 spiro atoms. The number of para-hydroxylation sites is 1. The molecule has 0 aromatic heterocycles. The molecule has 0 atom stereocenters. The normalized spacial score (nSPS) is 10.7. The van der Waals surface area contributed by atoms with E-state index in [1.807, 2.05) is 24.3 Å². The van der Waals surface area contributed by atoms with Gasteiger partial charge in [0.15, 0.2) is 6.61 Å². The summed E-state index contributed by atoms with van der Waals surface area (Å²) in [5.74, 6) is 0.970. The predicted molar refractivity (Wildman–Crippen MR) is 81.6 cm³/mol. The van der Waals surface area contributed by atoms with E-state index in [2.05, 4.69) is 19.2 Å². The molecule has 0 bridgehead atoms. The largest absolute Gasteiger partial charge is 0.483 e. The SMILES string of the molecule is CC(C)c1ccccc1OCC(=O)NCCCOCCO. The number of rotatable bonds is 10. The highest BCUT2D eigenvalue weighted by Gasteiger charge is 2.08. The number of amides is 1. The molecule has 1 aromatic carbocycles. The van der Waals surface area contributed by atoms with E-state index >= 15 is 0 Å². The van der Waals surface area contributed by atoms with Gasteiger partial charge in [0.25, 0.3) is 5.91 Å². The lowest BCUT2D eigenvalue weighted by Gasteiger charge is -2.13. The molecule has 5 heteroatoms. The summed E-state index contributed by atoms with van der Waals surface area (Å²) in [4.78, 5) is 11.7. The maximum Gasteiger partial charge on any atom is 0.257 e. The van der Waals surface area contributed by atoms with E-state index in [9.17, 15) is 4.79 Å². The van der Waals surface area contributed by atoms with E-state index < -0.39 is 0 Å². The summed E-state index contributed by atoms with van der Waals surface area (Å²) >= 11 is 0. The van der Waals surface area contributed by atoms with Crippen LogP contribution in [0, 0.1) is 0 Å². The first kappa shape index (κ1) is 17.5. The van der Waals surface area contributed by atoms with Gasteiger partial charge in [0, 0.05) is 13.2 Å². The summed E-state index contributed by atoms with van der Waals surface area (Å²) in [5.41, 5.74) is 1.10. The van der Waals surface area contributed by atoms with Crippen molar-refractivity contribution in [2.24, 2.45) is 0 Å². The minimum atomic E-state index is -0.143. The van der Waals surface area contributed by atoms with Crippen LogP contribution < -0.4 is 10.1 Å². The lowest BCUT2D eigenvalue weighted by Crippen LogP contribution is -2.30. The van der Waals surface area contributed by atoms with Gasteiger partial charge in [-0.05, 0) is 24.0 Å². The van der Waals surface area contributed by atoms with Crippen LogP contribution in [0.5, 0.6) is 5.75 Å². The molecule has 0 aliphatic heterocycles. The van der Waals surface area contributed by atoms with Crippen LogP contribution >= 0.6 is 0 Å². The maximum absolute atomic E-state index is 11.7.